The van der Waals surface area contributed by atoms with Gasteiger partial charge in [-0.15, -0.1) is 0 Å². The Morgan fingerprint density at radius 2 is 1.54 bits per heavy atom. The Labute approximate surface area is 231 Å². The SMILES string of the molecule is CCCCN(CCCC)S(=O)(=O)c1ccc(C(=O)N=c2sc3cc(C(=O)OC)ccc3n2CC(=O)OC)cc1. The summed E-state index contributed by atoms with van der Waals surface area (Å²) in [4.78, 5) is 41.7. The number of methoxy groups -OCH3 is 2. The van der Waals surface area contributed by atoms with Gasteiger partial charge in [0, 0.05) is 18.7 Å². The molecule has 10 nitrogen and oxygen atoms in total. The van der Waals surface area contributed by atoms with Crippen LogP contribution in [-0.4, -0.2) is 62.4 Å². The molecule has 0 saturated heterocycles. The second-order valence-corrected chi connectivity index (χ2v) is 11.7. The Morgan fingerprint density at radius 3 is 2.10 bits per heavy atom. The van der Waals surface area contributed by atoms with Crippen LogP contribution in [0, 0.1) is 0 Å². The van der Waals surface area contributed by atoms with Crippen molar-refractivity contribution in [2.24, 2.45) is 4.99 Å². The summed E-state index contributed by atoms with van der Waals surface area (Å²) >= 11 is 1.13. The first-order valence-electron chi connectivity index (χ1n) is 12.6. The molecular weight excluding hydrogens is 542 g/mol. The molecule has 0 fully saturated rings. The first-order chi connectivity index (χ1) is 18.7. The molecule has 1 amide bonds. The molecule has 0 radical (unpaired) electrons. The van der Waals surface area contributed by atoms with Crippen molar-refractivity contribution in [2.75, 3.05) is 27.3 Å². The highest BCUT2D eigenvalue weighted by Gasteiger charge is 2.24. The van der Waals surface area contributed by atoms with E-state index in [2.05, 4.69) is 4.99 Å². The number of hydrogen-bond donors (Lipinski definition) is 0. The molecule has 39 heavy (non-hydrogen) atoms. The molecule has 210 valence electrons. The monoisotopic (exact) mass is 575 g/mol. The summed E-state index contributed by atoms with van der Waals surface area (Å²) in [6.45, 7) is 4.72. The molecule has 0 atom stereocenters. The van der Waals surface area contributed by atoms with Gasteiger partial charge in [0.2, 0.25) is 10.0 Å². The summed E-state index contributed by atoms with van der Waals surface area (Å²) in [6.07, 6.45) is 3.29. The average molecular weight is 576 g/mol. The van der Waals surface area contributed by atoms with E-state index in [-0.39, 0.29) is 21.8 Å². The molecule has 0 N–H and O–H groups in total. The highest BCUT2D eigenvalue weighted by Crippen LogP contribution is 2.21. The van der Waals surface area contributed by atoms with Crippen molar-refractivity contribution in [3.8, 4) is 0 Å². The predicted octanol–water partition coefficient (Wildman–Crippen LogP) is 3.99. The zero-order chi connectivity index (χ0) is 28.6. The lowest BCUT2D eigenvalue weighted by molar-refractivity contribution is -0.141. The van der Waals surface area contributed by atoms with Gasteiger partial charge in [0.15, 0.2) is 4.80 Å². The van der Waals surface area contributed by atoms with Crippen molar-refractivity contribution in [1.29, 1.82) is 0 Å². The molecular formula is C27H33N3O7S2. The van der Waals surface area contributed by atoms with Crippen LogP contribution < -0.4 is 4.80 Å². The number of fused-ring (bicyclic) bond motifs is 1. The number of thiazole rings is 1. The quantitative estimate of drug-likeness (QED) is 0.299. The number of amides is 1. The van der Waals surface area contributed by atoms with Crippen LogP contribution in [0.1, 0.15) is 60.2 Å². The number of carbonyl (C=O) groups excluding carboxylic acids is 3. The van der Waals surface area contributed by atoms with Gasteiger partial charge in [-0.1, -0.05) is 38.0 Å². The predicted molar refractivity (Wildman–Crippen MR) is 148 cm³/mol. The summed E-state index contributed by atoms with van der Waals surface area (Å²) < 4.78 is 39.7. The van der Waals surface area contributed by atoms with Gasteiger partial charge >= 0.3 is 11.9 Å². The van der Waals surface area contributed by atoms with Crippen LogP contribution in [0.2, 0.25) is 0 Å². The molecule has 0 aliphatic heterocycles. The number of ether oxygens (including phenoxy) is 2. The second kappa shape index (κ2) is 13.6. The molecule has 1 aromatic heterocycles. The van der Waals surface area contributed by atoms with Crippen molar-refractivity contribution in [1.82, 2.24) is 8.87 Å². The van der Waals surface area contributed by atoms with Gasteiger partial charge in [0.25, 0.3) is 5.91 Å². The number of unbranched alkanes of at least 4 members (excludes halogenated alkanes) is 2. The Bertz CT molecular complexity index is 1500. The molecule has 0 spiro atoms. The first kappa shape index (κ1) is 30.2. The minimum Gasteiger partial charge on any atom is -0.468 e. The zero-order valence-corrected chi connectivity index (χ0v) is 24.1. The molecule has 0 saturated carbocycles. The highest BCUT2D eigenvalue weighted by molar-refractivity contribution is 7.89. The van der Waals surface area contributed by atoms with Crippen molar-refractivity contribution in [3.05, 3.63) is 58.4 Å². The van der Waals surface area contributed by atoms with Gasteiger partial charge in [-0.3, -0.25) is 9.59 Å². The summed E-state index contributed by atoms with van der Waals surface area (Å²) in [7, 11) is -1.16. The molecule has 0 aliphatic carbocycles. The van der Waals surface area contributed by atoms with E-state index in [4.69, 9.17) is 9.47 Å². The Kier molecular flexibility index (Phi) is 10.6. The Balaban J connectivity index is 1.97. The molecule has 1 heterocycles. The van der Waals surface area contributed by atoms with Crippen molar-refractivity contribution < 1.29 is 32.3 Å². The standard InChI is InChI=1S/C27H33N3O7S2/c1-5-7-15-29(16-8-6-2)39(34,35)21-12-9-19(10-13-21)25(32)28-27-30(18-24(31)36-3)22-14-11-20(26(33)37-4)17-23(22)38-27/h9-14,17H,5-8,15-16,18H2,1-4H3. The first-order valence-corrected chi connectivity index (χ1v) is 14.9. The number of carbonyl (C=O) groups is 3. The maximum absolute atomic E-state index is 13.2. The number of benzene rings is 2. The van der Waals surface area contributed by atoms with Crippen molar-refractivity contribution in [3.63, 3.8) is 0 Å². The minimum atomic E-state index is -3.70. The van der Waals surface area contributed by atoms with Gasteiger partial charge < -0.3 is 14.0 Å². The van der Waals surface area contributed by atoms with Crippen molar-refractivity contribution >= 4 is 49.4 Å². The third-order valence-electron chi connectivity index (χ3n) is 6.08. The van der Waals surface area contributed by atoms with Crippen LogP contribution in [0.4, 0.5) is 0 Å². The minimum absolute atomic E-state index is 0.115. The maximum Gasteiger partial charge on any atom is 0.337 e. The normalized spacial score (nSPS) is 12.2. The van der Waals surface area contributed by atoms with Gasteiger partial charge in [0.1, 0.15) is 6.54 Å². The lowest BCUT2D eigenvalue weighted by Gasteiger charge is -2.22. The van der Waals surface area contributed by atoms with E-state index in [1.165, 1.54) is 47.4 Å². The summed E-state index contributed by atoms with van der Waals surface area (Å²) in [5.74, 6) is -1.66. The third kappa shape index (κ3) is 7.20. The Hall–Kier alpha value is -3.35. The zero-order valence-electron chi connectivity index (χ0n) is 22.5. The van der Waals surface area contributed by atoms with E-state index in [0.29, 0.717) is 28.9 Å². The number of aromatic nitrogens is 1. The molecule has 3 aromatic rings. The van der Waals surface area contributed by atoms with Crippen LogP contribution >= 0.6 is 11.3 Å². The van der Waals surface area contributed by atoms with E-state index < -0.39 is 27.9 Å². The average Bonchev–Trinajstić information content (AvgIpc) is 3.27. The smallest absolute Gasteiger partial charge is 0.337 e. The fourth-order valence-electron chi connectivity index (χ4n) is 3.84. The van der Waals surface area contributed by atoms with Crippen LogP contribution in [0.25, 0.3) is 10.2 Å². The van der Waals surface area contributed by atoms with E-state index >= 15 is 0 Å². The van der Waals surface area contributed by atoms with Crippen LogP contribution in [-0.2, 0) is 30.8 Å². The van der Waals surface area contributed by atoms with Crippen molar-refractivity contribution in [2.45, 2.75) is 51.0 Å². The molecule has 0 unspecified atom stereocenters. The van der Waals surface area contributed by atoms with E-state index in [9.17, 15) is 22.8 Å². The number of hydrogen-bond acceptors (Lipinski definition) is 8. The van der Waals surface area contributed by atoms with Gasteiger partial charge in [-0.05, 0) is 55.3 Å². The van der Waals surface area contributed by atoms with E-state index in [1.807, 2.05) is 13.8 Å². The van der Waals surface area contributed by atoms with Crippen LogP contribution in [0.15, 0.2) is 52.4 Å². The molecule has 0 aliphatic rings. The topological polar surface area (TPSA) is 124 Å². The Morgan fingerprint density at radius 1 is 0.923 bits per heavy atom. The maximum atomic E-state index is 13.2. The summed E-state index contributed by atoms with van der Waals surface area (Å²) in [5.41, 5.74) is 1.10. The lowest BCUT2D eigenvalue weighted by atomic mass is 10.2. The van der Waals surface area contributed by atoms with Gasteiger partial charge in [-0.25, -0.2) is 13.2 Å². The molecule has 12 heteroatoms. The van der Waals surface area contributed by atoms with Crippen LogP contribution in [0.5, 0.6) is 0 Å². The second-order valence-electron chi connectivity index (χ2n) is 8.77. The fraction of sp³-hybridized carbons (Fsp3) is 0.407. The summed E-state index contributed by atoms with van der Waals surface area (Å²) in [6, 6.07) is 10.5. The highest BCUT2D eigenvalue weighted by atomic mass is 32.2. The largest absolute Gasteiger partial charge is 0.468 e. The van der Waals surface area contributed by atoms with Gasteiger partial charge in [-0.2, -0.15) is 9.30 Å². The fourth-order valence-corrected chi connectivity index (χ4v) is 6.42. The van der Waals surface area contributed by atoms with E-state index in [1.54, 1.807) is 18.2 Å². The molecule has 2 aromatic carbocycles. The number of sulfonamides is 1. The number of rotatable bonds is 12. The van der Waals surface area contributed by atoms with E-state index in [0.717, 1.165) is 37.0 Å². The number of esters is 2. The summed E-state index contributed by atoms with van der Waals surface area (Å²) in [5, 5.41) is 0. The third-order valence-corrected chi connectivity index (χ3v) is 9.03. The lowest BCUT2D eigenvalue weighted by Crippen LogP contribution is -2.33. The van der Waals surface area contributed by atoms with Crippen LogP contribution in [0.3, 0.4) is 0 Å². The molecule has 0 bridgehead atoms. The molecule has 3 rings (SSSR count). The van der Waals surface area contributed by atoms with Gasteiger partial charge in [0.05, 0.1) is 34.9 Å². The number of nitrogens with zero attached hydrogens (tertiary/aromatic N) is 3.